The van der Waals surface area contributed by atoms with Gasteiger partial charge in [-0.05, 0) is 36.6 Å². The number of amides is 2. The molecule has 0 bridgehead atoms. The van der Waals surface area contributed by atoms with Crippen LogP contribution in [0.2, 0.25) is 0 Å². The third kappa shape index (κ3) is 5.96. The van der Waals surface area contributed by atoms with Gasteiger partial charge in [0.25, 0.3) is 5.91 Å². The Morgan fingerprint density at radius 1 is 1.15 bits per heavy atom. The van der Waals surface area contributed by atoms with Crippen LogP contribution >= 0.6 is 11.3 Å². The first kappa shape index (κ1) is 23.4. The normalized spacial score (nSPS) is 11.8. The molecule has 0 spiro atoms. The van der Waals surface area contributed by atoms with E-state index in [9.17, 15) is 9.59 Å². The zero-order chi connectivity index (χ0) is 23.8. The smallest absolute Gasteiger partial charge is 0.263 e. The lowest BCUT2D eigenvalue weighted by Crippen LogP contribution is -2.28. The fourth-order valence-corrected chi connectivity index (χ4v) is 4.17. The van der Waals surface area contributed by atoms with Gasteiger partial charge in [0.05, 0.1) is 35.3 Å². The predicted octanol–water partition coefficient (Wildman–Crippen LogP) is 3.89. The number of thiazole rings is 1. The van der Waals surface area contributed by atoms with Crippen LogP contribution in [0.4, 0.5) is 0 Å². The molecule has 3 N–H and O–H groups in total. The van der Waals surface area contributed by atoms with Crippen molar-refractivity contribution < 1.29 is 9.59 Å². The maximum atomic E-state index is 12.7. The highest BCUT2D eigenvalue weighted by Gasteiger charge is 2.20. The van der Waals surface area contributed by atoms with Crippen LogP contribution in [0.3, 0.4) is 0 Å². The highest BCUT2D eigenvalue weighted by molar-refractivity contribution is 7.11. The van der Waals surface area contributed by atoms with E-state index in [-0.39, 0.29) is 17.9 Å². The topological polar surface area (TPSA) is 118 Å². The van der Waals surface area contributed by atoms with E-state index >= 15 is 0 Å². The zero-order valence-corrected chi connectivity index (χ0v) is 19.7. The minimum atomic E-state index is -0.272. The molecule has 1 atom stereocenters. The number of aromatic amines is 1. The summed E-state index contributed by atoms with van der Waals surface area (Å²) in [5.74, 6) is 0.582. The van der Waals surface area contributed by atoms with Gasteiger partial charge < -0.3 is 15.6 Å². The maximum absolute atomic E-state index is 12.7. The largest absolute Gasteiger partial charge is 0.359 e. The molecule has 0 aliphatic rings. The molecule has 1 unspecified atom stereocenters. The Kier molecular flexibility index (Phi) is 7.82. The highest BCUT2D eigenvalue weighted by atomic mass is 32.1. The fourth-order valence-electron chi connectivity index (χ4n) is 3.65. The van der Waals surface area contributed by atoms with Crippen molar-refractivity contribution in [3.05, 3.63) is 71.3 Å². The number of carbonyl (C=O) groups excluding carboxylic acids is 2. The Hall–Kier alpha value is -3.79. The number of rotatable bonds is 11. The molecule has 2 amide bonds. The molecule has 3 heterocycles. The fraction of sp³-hybridized carbons (Fsp3) is 0.292. The molecule has 0 aliphatic carbocycles. The van der Waals surface area contributed by atoms with Crippen LogP contribution in [0.1, 0.15) is 53.6 Å². The Bertz CT molecular complexity index is 1180. The second kappa shape index (κ2) is 11.4. The van der Waals surface area contributed by atoms with Gasteiger partial charge in [0.2, 0.25) is 5.91 Å². The molecule has 3 aromatic heterocycles. The lowest BCUT2D eigenvalue weighted by molar-refractivity contribution is -0.120. The van der Waals surface area contributed by atoms with Crippen molar-refractivity contribution in [3.8, 4) is 16.9 Å². The number of carbonyl (C=O) groups is 2. The predicted molar refractivity (Wildman–Crippen MR) is 131 cm³/mol. The van der Waals surface area contributed by atoms with Crippen LogP contribution in [0, 0.1) is 0 Å². The van der Waals surface area contributed by atoms with Crippen LogP contribution < -0.4 is 10.6 Å². The number of nitrogens with one attached hydrogen (secondary N) is 3. The first-order valence-electron chi connectivity index (χ1n) is 11.2. The number of H-pyrrole nitrogens is 1. The number of benzene rings is 1. The minimum absolute atomic E-state index is 0.0456. The molecule has 0 saturated carbocycles. The second-order valence-corrected chi connectivity index (χ2v) is 8.73. The van der Waals surface area contributed by atoms with Crippen molar-refractivity contribution in [1.82, 2.24) is 35.4 Å². The van der Waals surface area contributed by atoms with Gasteiger partial charge >= 0.3 is 0 Å². The summed E-state index contributed by atoms with van der Waals surface area (Å²) in [6, 6.07) is 9.63. The molecule has 34 heavy (non-hydrogen) atoms. The van der Waals surface area contributed by atoms with Crippen molar-refractivity contribution in [2.24, 2.45) is 0 Å². The summed E-state index contributed by atoms with van der Waals surface area (Å²) in [5, 5.41) is 9.98. The van der Waals surface area contributed by atoms with Gasteiger partial charge in [-0.25, -0.2) is 9.67 Å². The number of hydrogen-bond donors (Lipinski definition) is 3. The first-order valence-corrected chi connectivity index (χ1v) is 12.1. The van der Waals surface area contributed by atoms with Crippen molar-refractivity contribution in [2.75, 3.05) is 7.05 Å². The van der Waals surface area contributed by atoms with Crippen molar-refractivity contribution in [3.63, 3.8) is 0 Å². The SMILES string of the molecule is CNC(=O)CCCCCC(NC(=O)c1cncs1)c1ncc(-c2ccc(-n3cccn3)cc2)[nH]1. The van der Waals surface area contributed by atoms with E-state index in [0.717, 1.165) is 36.2 Å². The lowest BCUT2D eigenvalue weighted by Gasteiger charge is -2.16. The van der Waals surface area contributed by atoms with E-state index in [1.807, 2.05) is 36.5 Å². The molecular weight excluding hydrogens is 450 g/mol. The molecule has 0 aliphatic heterocycles. The molecule has 176 valence electrons. The standard InChI is InChI=1S/C24H27N7O2S/c1-25-22(32)7-4-2-3-6-19(30-24(33)21-15-26-16-34-21)23-27-14-20(29-23)17-8-10-18(11-9-17)31-13-5-12-28-31/h5,8-16,19H,2-4,6-7H2,1H3,(H,25,32)(H,27,29)(H,30,33). The third-order valence-electron chi connectivity index (χ3n) is 5.51. The van der Waals surface area contributed by atoms with E-state index in [0.29, 0.717) is 23.5 Å². The van der Waals surface area contributed by atoms with Crippen molar-refractivity contribution in [1.29, 1.82) is 0 Å². The third-order valence-corrected chi connectivity index (χ3v) is 6.28. The summed E-state index contributed by atoms with van der Waals surface area (Å²) in [5.41, 5.74) is 4.48. The number of imidazole rings is 1. The summed E-state index contributed by atoms with van der Waals surface area (Å²) >= 11 is 1.30. The van der Waals surface area contributed by atoms with Gasteiger partial charge in [0, 0.05) is 25.9 Å². The molecular formula is C24H27N7O2S. The molecule has 1 aromatic carbocycles. The van der Waals surface area contributed by atoms with Crippen LogP contribution in [-0.2, 0) is 4.79 Å². The average Bonchev–Trinajstić information content (AvgIpc) is 3.65. The minimum Gasteiger partial charge on any atom is -0.359 e. The second-order valence-electron chi connectivity index (χ2n) is 7.84. The van der Waals surface area contributed by atoms with Gasteiger partial charge in [-0.1, -0.05) is 25.0 Å². The van der Waals surface area contributed by atoms with E-state index < -0.39 is 0 Å². The summed E-state index contributed by atoms with van der Waals surface area (Å²) in [6.07, 6.45) is 10.8. The number of nitrogens with zero attached hydrogens (tertiary/aromatic N) is 4. The number of aromatic nitrogens is 5. The Labute approximate surface area is 201 Å². The van der Waals surface area contributed by atoms with E-state index in [4.69, 9.17) is 0 Å². The number of unbranched alkanes of at least 4 members (excludes halogenated alkanes) is 2. The van der Waals surface area contributed by atoms with E-state index in [1.165, 1.54) is 11.3 Å². The Balaban J connectivity index is 1.44. The van der Waals surface area contributed by atoms with Gasteiger partial charge in [0.1, 0.15) is 10.7 Å². The quantitative estimate of drug-likeness (QED) is 0.283. The molecule has 0 radical (unpaired) electrons. The van der Waals surface area contributed by atoms with Gasteiger partial charge in [-0.15, -0.1) is 11.3 Å². The molecule has 0 fully saturated rings. The highest BCUT2D eigenvalue weighted by Crippen LogP contribution is 2.24. The average molecular weight is 478 g/mol. The van der Waals surface area contributed by atoms with Crippen LogP contribution in [0.5, 0.6) is 0 Å². The monoisotopic (exact) mass is 477 g/mol. The first-order chi connectivity index (χ1) is 16.6. The molecule has 4 aromatic rings. The van der Waals surface area contributed by atoms with Crippen LogP contribution in [0.25, 0.3) is 16.9 Å². The summed E-state index contributed by atoms with van der Waals surface area (Å²) in [7, 11) is 1.65. The maximum Gasteiger partial charge on any atom is 0.263 e. The van der Waals surface area contributed by atoms with E-state index in [1.54, 1.807) is 35.8 Å². The van der Waals surface area contributed by atoms with Crippen LogP contribution in [0.15, 0.2) is 60.6 Å². The summed E-state index contributed by atoms with van der Waals surface area (Å²) in [4.78, 5) is 36.6. The zero-order valence-electron chi connectivity index (χ0n) is 18.9. The molecule has 9 nitrogen and oxygen atoms in total. The molecule has 0 saturated heterocycles. The van der Waals surface area contributed by atoms with Gasteiger partial charge in [-0.2, -0.15) is 5.10 Å². The van der Waals surface area contributed by atoms with Gasteiger partial charge in [-0.3, -0.25) is 14.6 Å². The Morgan fingerprint density at radius 2 is 2.00 bits per heavy atom. The molecule has 10 heteroatoms. The summed E-state index contributed by atoms with van der Waals surface area (Å²) in [6.45, 7) is 0. The number of hydrogen-bond acceptors (Lipinski definition) is 6. The lowest BCUT2D eigenvalue weighted by atomic mass is 10.1. The van der Waals surface area contributed by atoms with Gasteiger partial charge in [0.15, 0.2) is 0 Å². The van der Waals surface area contributed by atoms with Crippen molar-refractivity contribution >= 4 is 23.2 Å². The molecule has 4 rings (SSSR count). The van der Waals surface area contributed by atoms with Crippen LogP contribution in [-0.4, -0.2) is 43.6 Å². The van der Waals surface area contributed by atoms with E-state index in [2.05, 4.69) is 30.7 Å². The summed E-state index contributed by atoms with van der Waals surface area (Å²) < 4.78 is 1.80. The Morgan fingerprint density at radius 3 is 2.71 bits per heavy atom. The van der Waals surface area contributed by atoms with Crippen molar-refractivity contribution in [2.45, 2.75) is 38.1 Å².